The molecule has 2 aromatic rings. The van der Waals surface area contributed by atoms with Crippen LogP contribution in [-0.2, 0) is 6.54 Å². The van der Waals surface area contributed by atoms with Crippen molar-refractivity contribution in [2.24, 2.45) is 0 Å². The van der Waals surface area contributed by atoms with Crippen molar-refractivity contribution >= 4 is 11.9 Å². The van der Waals surface area contributed by atoms with E-state index in [1.165, 1.54) is 11.6 Å². The van der Waals surface area contributed by atoms with E-state index in [0.717, 1.165) is 17.5 Å². The van der Waals surface area contributed by atoms with Gasteiger partial charge in [0.25, 0.3) is 5.91 Å². The van der Waals surface area contributed by atoms with Gasteiger partial charge in [0.1, 0.15) is 0 Å². The molecule has 116 valence electrons. The molecule has 0 aromatic heterocycles. The van der Waals surface area contributed by atoms with Crippen LogP contribution in [0.1, 0.15) is 62.7 Å². The number of amides is 1. The zero-order chi connectivity index (χ0) is 16.1. The van der Waals surface area contributed by atoms with Crippen LogP contribution < -0.4 is 5.11 Å². The second-order valence-electron chi connectivity index (χ2n) is 6.34. The molecule has 4 heteroatoms. The SMILES string of the molecule is C[C@H]1C[C@@H]2c3cccc(C(=O)[O-])c3C(=O)N2Cc2ccccc21. The second kappa shape index (κ2) is 4.95. The van der Waals surface area contributed by atoms with Crippen molar-refractivity contribution in [3.63, 3.8) is 0 Å². The smallest absolute Gasteiger partial charge is 0.255 e. The summed E-state index contributed by atoms with van der Waals surface area (Å²) in [5, 5.41) is 11.4. The summed E-state index contributed by atoms with van der Waals surface area (Å²) < 4.78 is 0. The van der Waals surface area contributed by atoms with Gasteiger partial charge < -0.3 is 14.8 Å². The van der Waals surface area contributed by atoms with Crippen molar-refractivity contribution in [1.82, 2.24) is 4.90 Å². The molecule has 0 saturated carbocycles. The van der Waals surface area contributed by atoms with Gasteiger partial charge in [-0.15, -0.1) is 0 Å². The molecule has 0 N–H and O–H groups in total. The summed E-state index contributed by atoms with van der Waals surface area (Å²) in [6.07, 6.45) is 0.798. The van der Waals surface area contributed by atoms with Gasteiger partial charge in [-0.05, 0) is 29.0 Å². The Bertz CT molecular complexity index is 827. The lowest BCUT2D eigenvalue weighted by Gasteiger charge is -2.23. The molecule has 0 unspecified atom stereocenters. The summed E-state index contributed by atoms with van der Waals surface area (Å²) >= 11 is 0. The molecule has 2 atom stereocenters. The van der Waals surface area contributed by atoms with Crippen molar-refractivity contribution in [2.75, 3.05) is 0 Å². The molecule has 2 heterocycles. The van der Waals surface area contributed by atoms with Gasteiger partial charge in [0.15, 0.2) is 0 Å². The maximum atomic E-state index is 12.9. The van der Waals surface area contributed by atoms with E-state index >= 15 is 0 Å². The fourth-order valence-corrected chi connectivity index (χ4v) is 3.95. The number of fused-ring (bicyclic) bond motifs is 4. The number of hydrogen-bond donors (Lipinski definition) is 0. The Kier molecular flexibility index (Phi) is 3.01. The van der Waals surface area contributed by atoms with Gasteiger partial charge in [0.2, 0.25) is 0 Å². The van der Waals surface area contributed by atoms with Gasteiger partial charge in [0.05, 0.1) is 17.6 Å². The number of carbonyl (C=O) groups is 2. The number of benzene rings is 2. The number of carboxylic acid groups (broad SMARTS) is 1. The largest absolute Gasteiger partial charge is 0.545 e. The summed E-state index contributed by atoms with van der Waals surface area (Å²) in [5.74, 6) is -1.18. The molecule has 2 aliphatic heterocycles. The van der Waals surface area contributed by atoms with Crippen LogP contribution in [0.2, 0.25) is 0 Å². The average Bonchev–Trinajstić information content (AvgIpc) is 2.72. The van der Waals surface area contributed by atoms with E-state index in [2.05, 4.69) is 13.0 Å². The third-order valence-electron chi connectivity index (χ3n) is 5.03. The lowest BCUT2D eigenvalue weighted by molar-refractivity contribution is -0.255. The standard InChI is InChI=1S/C19H17NO3/c1-11-9-16-14-7-4-8-15(19(22)23)17(14)18(21)20(16)10-12-5-2-3-6-13(11)12/h2-8,11,16H,9-10H2,1H3,(H,22,23)/p-1/t11-,16+/m0/s1. The van der Waals surface area contributed by atoms with Gasteiger partial charge in [-0.25, -0.2) is 0 Å². The predicted molar refractivity (Wildman–Crippen MR) is 82.9 cm³/mol. The first-order valence-electron chi connectivity index (χ1n) is 7.81. The van der Waals surface area contributed by atoms with Crippen LogP contribution in [0.5, 0.6) is 0 Å². The predicted octanol–water partition coefficient (Wildman–Crippen LogP) is 2.25. The zero-order valence-corrected chi connectivity index (χ0v) is 12.8. The van der Waals surface area contributed by atoms with Crippen molar-refractivity contribution < 1.29 is 14.7 Å². The molecule has 0 bridgehead atoms. The minimum absolute atomic E-state index is 0.00140. The quantitative estimate of drug-likeness (QED) is 0.812. The van der Waals surface area contributed by atoms with Gasteiger partial charge in [-0.1, -0.05) is 49.4 Å². The summed E-state index contributed by atoms with van der Waals surface area (Å²) in [4.78, 5) is 26.0. The third kappa shape index (κ3) is 1.98. The van der Waals surface area contributed by atoms with Crippen LogP contribution in [-0.4, -0.2) is 16.8 Å². The van der Waals surface area contributed by atoms with E-state index in [1.54, 1.807) is 11.0 Å². The summed E-state index contributed by atoms with van der Waals surface area (Å²) in [6, 6.07) is 13.1. The molecule has 0 saturated heterocycles. The maximum Gasteiger partial charge on any atom is 0.255 e. The number of carbonyl (C=O) groups excluding carboxylic acids is 2. The highest BCUT2D eigenvalue weighted by Gasteiger charge is 2.41. The summed E-state index contributed by atoms with van der Waals surface area (Å²) in [6.45, 7) is 2.68. The first kappa shape index (κ1) is 14.0. The van der Waals surface area contributed by atoms with Gasteiger partial charge >= 0.3 is 0 Å². The fourth-order valence-electron chi connectivity index (χ4n) is 3.95. The van der Waals surface area contributed by atoms with Gasteiger partial charge in [-0.3, -0.25) is 4.79 Å². The maximum absolute atomic E-state index is 12.9. The van der Waals surface area contributed by atoms with Crippen molar-refractivity contribution in [3.05, 3.63) is 70.3 Å². The van der Waals surface area contributed by atoms with E-state index in [9.17, 15) is 14.7 Å². The topological polar surface area (TPSA) is 60.4 Å². The minimum atomic E-state index is -1.29. The molecule has 4 nitrogen and oxygen atoms in total. The molecular weight excluding hydrogens is 290 g/mol. The van der Waals surface area contributed by atoms with E-state index in [1.807, 2.05) is 24.3 Å². The molecule has 1 amide bonds. The first-order chi connectivity index (χ1) is 11.1. The highest BCUT2D eigenvalue weighted by atomic mass is 16.4. The Morgan fingerprint density at radius 1 is 1.13 bits per heavy atom. The van der Waals surface area contributed by atoms with Crippen molar-refractivity contribution in [3.8, 4) is 0 Å². The van der Waals surface area contributed by atoms with Crippen LogP contribution in [0.15, 0.2) is 42.5 Å². The second-order valence-corrected chi connectivity index (χ2v) is 6.34. The van der Waals surface area contributed by atoms with Gasteiger partial charge in [-0.2, -0.15) is 0 Å². The van der Waals surface area contributed by atoms with Crippen LogP contribution in [0.3, 0.4) is 0 Å². The Morgan fingerprint density at radius 3 is 2.65 bits per heavy atom. The van der Waals surface area contributed by atoms with Crippen LogP contribution >= 0.6 is 0 Å². The average molecular weight is 306 g/mol. The molecule has 0 fully saturated rings. The van der Waals surface area contributed by atoms with Crippen molar-refractivity contribution in [2.45, 2.75) is 31.8 Å². The lowest BCUT2D eigenvalue weighted by Crippen LogP contribution is -2.28. The lowest BCUT2D eigenvalue weighted by atomic mass is 9.89. The molecular formula is C19H16NO3-. The minimum Gasteiger partial charge on any atom is -0.545 e. The molecule has 2 aliphatic rings. The normalized spacial score (nSPS) is 22.1. The van der Waals surface area contributed by atoms with Crippen LogP contribution in [0, 0.1) is 0 Å². The number of rotatable bonds is 1. The van der Waals surface area contributed by atoms with E-state index < -0.39 is 5.97 Å². The Morgan fingerprint density at radius 2 is 1.87 bits per heavy atom. The monoisotopic (exact) mass is 306 g/mol. The molecule has 0 radical (unpaired) electrons. The van der Waals surface area contributed by atoms with Crippen LogP contribution in [0.4, 0.5) is 0 Å². The Balaban J connectivity index is 1.85. The number of carboxylic acids is 1. The fraction of sp³-hybridized carbons (Fsp3) is 0.263. The Labute approximate surface area is 134 Å². The third-order valence-corrected chi connectivity index (χ3v) is 5.03. The van der Waals surface area contributed by atoms with Gasteiger partial charge in [0, 0.05) is 12.1 Å². The van der Waals surface area contributed by atoms with E-state index in [0.29, 0.717) is 18.0 Å². The highest BCUT2D eigenvalue weighted by Crippen LogP contribution is 2.45. The van der Waals surface area contributed by atoms with E-state index in [-0.39, 0.29) is 17.5 Å². The summed E-state index contributed by atoms with van der Waals surface area (Å²) in [7, 11) is 0. The number of aromatic carboxylic acids is 1. The number of nitrogens with zero attached hydrogens (tertiary/aromatic N) is 1. The number of hydrogen-bond acceptors (Lipinski definition) is 3. The summed E-state index contributed by atoms with van der Waals surface area (Å²) in [5.41, 5.74) is 3.54. The van der Waals surface area contributed by atoms with Crippen LogP contribution in [0.25, 0.3) is 0 Å². The highest BCUT2D eigenvalue weighted by molar-refractivity contribution is 6.07. The molecule has 0 aliphatic carbocycles. The Hall–Kier alpha value is -2.62. The molecule has 0 spiro atoms. The molecule has 23 heavy (non-hydrogen) atoms. The first-order valence-corrected chi connectivity index (χ1v) is 7.81. The van der Waals surface area contributed by atoms with Crippen molar-refractivity contribution in [1.29, 1.82) is 0 Å². The molecule has 4 rings (SSSR count). The van der Waals surface area contributed by atoms with E-state index in [4.69, 9.17) is 0 Å². The zero-order valence-electron chi connectivity index (χ0n) is 12.8. The molecule has 2 aromatic carbocycles.